The third kappa shape index (κ3) is 5.67. The van der Waals surface area contributed by atoms with Gasteiger partial charge in [0.15, 0.2) is 0 Å². The second-order valence-electron chi connectivity index (χ2n) is 8.69. The van der Waals surface area contributed by atoms with E-state index < -0.39 is 0 Å². The summed E-state index contributed by atoms with van der Waals surface area (Å²) in [6.45, 7) is 5.53. The molecule has 1 unspecified atom stereocenters. The Labute approximate surface area is 179 Å². The molecule has 30 heavy (non-hydrogen) atoms. The lowest BCUT2D eigenvalue weighted by Crippen LogP contribution is -2.43. The van der Waals surface area contributed by atoms with Gasteiger partial charge in [-0.15, -0.1) is 10.2 Å². The van der Waals surface area contributed by atoms with E-state index in [0.717, 1.165) is 82.9 Å². The number of nitrogens with one attached hydrogen (secondary N) is 1. The molecule has 0 saturated carbocycles. The van der Waals surface area contributed by atoms with Crippen molar-refractivity contribution in [1.29, 1.82) is 0 Å². The minimum Gasteiger partial charge on any atom is -0.352 e. The number of fused-ring (bicyclic) bond motifs is 1. The minimum absolute atomic E-state index is 0.159. The molecule has 7 heteroatoms. The Morgan fingerprint density at radius 3 is 2.77 bits per heavy atom. The zero-order chi connectivity index (χ0) is 20.8. The van der Waals surface area contributed by atoms with Crippen LogP contribution in [0.15, 0.2) is 30.3 Å². The Kier molecular flexibility index (Phi) is 7.12. The van der Waals surface area contributed by atoms with Gasteiger partial charge in [-0.1, -0.05) is 30.3 Å². The number of carbonyl (C=O) groups is 1. The SMILES string of the molecule is CN1CCCN(CC(=O)NC2CCc3nnc(CCc4ccccc4)n3CC2)CC1. The van der Waals surface area contributed by atoms with Crippen LogP contribution in [0.5, 0.6) is 0 Å². The number of rotatable bonds is 6. The van der Waals surface area contributed by atoms with Crippen LogP contribution in [0, 0.1) is 0 Å². The zero-order valence-electron chi connectivity index (χ0n) is 18.1. The summed E-state index contributed by atoms with van der Waals surface area (Å²) in [5.41, 5.74) is 1.33. The molecule has 1 fully saturated rings. The van der Waals surface area contributed by atoms with Crippen molar-refractivity contribution in [1.82, 2.24) is 29.9 Å². The summed E-state index contributed by atoms with van der Waals surface area (Å²) in [5.74, 6) is 2.28. The van der Waals surface area contributed by atoms with Crippen LogP contribution in [0.4, 0.5) is 0 Å². The Bertz CT molecular complexity index is 820. The molecule has 1 aromatic heterocycles. The maximum Gasteiger partial charge on any atom is 0.234 e. The largest absolute Gasteiger partial charge is 0.352 e. The van der Waals surface area contributed by atoms with Crippen molar-refractivity contribution >= 4 is 5.91 Å². The highest BCUT2D eigenvalue weighted by Gasteiger charge is 2.22. The lowest BCUT2D eigenvalue weighted by Gasteiger charge is -2.22. The molecule has 1 saturated heterocycles. The third-order valence-electron chi connectivity index (χ3n) is 6.35. The van der Waals surface area contributed by atoms with Crippen LogP contribution >= 0.6 is 0 Å². The number of nitrogens with zero attached hydrogens (tertiary/aromatic N) is 5. The molecular formula is C23H34N6O. The molecule has 0 radical (unpaired) electrons. The molecule has 0 aliphatic carbocycles. The van der Waals surface area contributed by atoms with E-state index in [0.29, 0.717) is 6.54 Å². The molecule has 4 rings (SSSR count). The number of likely N-dealkylation sites (N-methyl/N-ethyl adjacent to an activating group) is 1. The molecule has 0 spiro atoms. The molecule has 2 aliphatic heterocycles. The lowest BCUT2D eigenvalue weighted by atomic mass is 10.1. The second kappa shape index (κ2) is 10.2. The van der Waals surface area contributed by atoms with Crippen LogP contribution in [0.2, 0.25) is 0 Å². The minimum atomic E-state index is 0.159. The normalized spacial score (nSPS) is 20.9. The van der Waals surface area contributed by atoms with Gasteiger partial charge in [-0.3, -0.25) is 9.69 Å². The van der Waals surface area contributed by atoms with E-state index >= 15 is 0 Å². The van der Waals surface area contributed by atoms with Gasteiger partial charge in [0.1, 0.15) is 11.6 Å². The van der Waals surface area contributed by atoms with Gasteiger partial charge in [-0.2, -0.15) is 0 Å². The first-order chi connectivity index (χ1) is 14.7. The fourth-order valence-electron chi connectivity index (χ4n) is 4.51. The van der Waals surface area contributed by atoms with Crippen LogP contribution in [-0.2, 0) is 30.6 Å². The van der Waals surface area contributed by atoms with Crippen molar-refractivity contribution in [2.24, 2.45) is 0 Å². The maximum absolute atomic E-state index is 12.6. The summed E-state index contributed by atoms with van der Waals surface area (Å²) in [4.78, 5) is 17.2. The first kappa shape index (κ1) is 21.0. The van der Waals surface area contributed by atoms with Crippen LogP contribution in [0.1, 0.15) is 36.5 Å². The van der Waals surface area contributed by atoms with Crippen molar-refractivity contribution in [3.8, 4) is 0 Å². The summed E-state index contributed by atoms with van der Waals surface area (Å²) < 4.78 is 2.28. The molecule has 162 valence electrons. The van der Waals surface area contributed by atoms with E-state index in [-0.39, 0.29) is 11.9 Å². The highest BCUT2D eigenvalue weighted by Crippen LogP contribution is 2.17. The topological polar surface area (TPSA) is 66.3 Å². The first-order valence-corrected chi connectivity index (χ1v) is 11.3. The van der Waals surface area contributed by atoms with E-state index in [4.69, 9.17) is 0 Å². The van der Waals surface area contributed by atoms with Gasteiger partial charge in [-0.05, 0) is 51.4 Å². The summed E-state index contributed by atoms with van der Waals surface area (Å²) in [6, 6.07) is 10.7. The van der Waals surface area contributed by atoms with Crippen LogP contribution in [-0.4, -0.2) is 76.3 Å². The number of amides is 1. The van der Waals surface area contributed by atoms with Crippen LogP contribution in [0.3, 0.4) is 0 Å². The number of hydrogen-bond acceptors (Lipinski definition) is 5. The average molecular weight is 411 g/mol. The number of hydrogen-bond donors (Lipinski definition) is 1. The van der Waals surface area contributed by atoms with Crippen molar-refractivity contribution in [3.63, 3.8) is 0 Å². The quantitative estimate of drug-likeness (QED) is 0.782. The molecule has 1 atom stereocenters. The highest BCUT2D eigenvalue weighted by molar-refractivity contribution is 5.78. The van der Waals surface area contributed by atoms with Gasteiger partial charge in [0.25, 0.3) is 0 Å². The Morgan fingerprint density at radius 2 is 1.90 bits per heavy atom. The van der Waals surface area contributed by atoms with Gasteiger partial charge < -0.3 is 14.8 Å². The maximum atomic E-state index is 12.6. The number of benzene rings is 1. The summed E-state index contributed by atoms with van der Waals surface area (Å²) in [7, 11) is 2.15. The van der Waals surface area contributed by atoms with Gasteiger partial charge in [-0.25, -0.2) is 0 Å². The monoisotopic (exact) mass is 410 g/mol. The fourth-order valence-corrected chi connectivity index (χ4v) is 4.51. The van der Waals surface area contributed by atoms with E-state index in [2.05, 4.69) is 61.2 Å². The fraction of sp³-hybridized carbons (Fsp3) is 0.609. The summed E-state index contributed by atoms with van der Waals surface area (Å²) in [5, 5.41) is 12.2. The molecule has 2 aromatic rings. The van der Waals surface area contributed by atoms with Crippen molar-refractivity contribution in [2.45, 2.75) is 51.1 Å². The lowest BCUT2D eigenvalue weighted by molar-refractivity contribution is -0.123. The van der Waals surface area contributed by atoms with E-state index in [9.17, 15) is 4.79 Å². The molecule has 0 bridgehead atoms. The van der Waals surface area contributed by atoms with E-state index in [1.807, 2.05) is 6.07 Å². The third-order valence-corrected chi connectivity index (χ3v) is 6.35. The smallest absolute Gasteiger partial charge is 0.234 e. The Morgan fingerprint density at radius 1 is 1.03 bits per heavy atom. The molecule has 1 amide bonds. The number of carbonyl (C=O) groups excluding carboxylic acids is 1. The summed E-state index contributed by atoms with van der Waals surface area (Å²) >= 11 is 0. The predicted octanol–water partition coefficient (Wildman–Crippen LogP) is 1.52. The first-order valence-electron chi connectivity index (χ1n) is 11.3. The van der Waals surface area contributed by atoms with Gasteiger partial charge in [0, 0.05) is 38.5 Å². The second-order valence-corrected chi connectivity index (χ2v) is 8.69. The van der Waals surface area contributed by atoms with Gasteiger partial charge >= 0.3 is 0 Å². The molecule has 1 aromatic carbocycles. The zero-order valence-corrected chi connectivity index (χ0v) is 18.1. The van der Waals surface area contributed by atoms with E-state index in [1.54, 1.807) is 0 Å². The van der Waals surface area contributed by atoms with Gasteiger partial charge in [0.05, 0.1) is 6.54 Å². The van der Waals surface area contributed by atoms with Crippen molar-refractivity contribution in [3.05, 3.63) is 47.5 Å². The highest BCUT2D eigenvalue weighted by atomic mass is 16.2. The standard InChI is InChI=1S/C23H34N6O/c1-27-13-5-14-28(17-16-27)18-23(30)24-20-9-11-22-26-25-21(29(22)15-12-20)10-8-19-6-3-2-4-7-19/h2-4,6-7,20H,5,8-18H2,1H3,(H,24,30). The number of aryl methyl sites for hydroxylation is 3. The Hall–Kier alpha value is -2.25. The molecule has 1 N–H and O–H groups in total. The molecule has 7 nitrogen and oxygen atoms in total. The Balaban J connectivity index is 1.27. The molecule has 2 aliphatic rings. The average Bonchev–Trinajstić information content (AvgIpc) is 2.87. The van der Waals surface area contributed by atoms with Crippen LogP contribution in [0.25, 0.3) is 0 Å². The van der Waals surface area contributed by atoms with Crippen molar-refractivity contribution < 1.29 is 4.79 Å². The van der Waals surface area contributed by atoms with Crippen molar-refractivity contribution in [2.75, 3.05) is 39.8 Å². The molecular weight excluding hydrogens is 376 g/mol. The summed E-state index contributed by atoms with van der Waals surface area (Å²) in [6.07, 6.45) is 5.76. The predicted molar refractivity (Wildman–Crippen MR) is 117 cm³/mol. The van der Waals surface area contributed by atoms with E-state index in [1.165, 1.54) is 5.56 Å². The van der Waals surface area contributed by atoms with Gasteiger partial charge in [0.2, 0.25) is 5.91 Å². The van der Waals surface area contributed by atoms with Crippen LogP contribution < -0.4 is 5.32 Å². The number of aromatic nitrogens is 3. The molecule has 3 heterocycles.